The summed E-state index contributed by atoms with van der Waals surface area (Å²) >= 11 is 1.49. The number of benzene rings is 1. The molecule has 1 atom stereocenters. The number of hydrogen-bond donors (Lipinski definition) is 3. The van der Waals surface area contributed by atoms with Crippen LogP contribution in [0.2, 0.25) is 0 Å². The number of anilines is 1. The van der Waals surface area contributed by atoms with Crippen molar-refractivity contribution in [2.45, 2.75) is 12.5 Å². The van der Waals surface area contributed by atoms with E-state index >= 15 is 0 Å². The molecule has 1 heterocycles. The average Bonchev–Trinajstić information content (AvgIpc) is 3.01. The van der Waals surface area contributed by atoms with Gasteiger partial charge < -0.3 is 20.9 Å². The fourth-order valence-electron chi connectivity index (χ4n) is 1.83. The van der Waals surface area contributed by atoms with Crippen LogP contribution in [0.15, 0.2) is 46.8 Å². The molecule has 5 nitrogen and oxygen atoms in total. The van der Waals surface area contributed by atoms with Crippen molar-refractivity contribution in [1.82, 2.24) is 0 Å². The van der Waals surface area contributed by atoms with Crippen LogP contribution in [0.1, 0.15) is 11.8 Å². The van der Waals surface area contributed by atoms with E-state index < -0.39 is 5.60 Å². The van der Waals surface area contributed by atoms with Crippen LogP contribution in [0.3, 0.4) is 0 Å². The molecule has 0 saturated carbocycles. The average molecular weight is 305 g/mol. The zero-order chi connectivity index (χ0) is 15.3. The largest absolute Gasteiger partial charge is 0.495 e. The van der Waals surface area contributed by atoms with Crippen molar-refractivity contribution in [2.75, 3.05) is 19.0 Å². The van der Waals surface area contributed by atoms with E-state index in [1.807, 2.05) is 41.8 Å². The van der Waals surface area contributed by atoms with Crippen molar-refractivity contribution in [3.8, 4) is 5.75 Å². The number of para-hydroxylation sites is 2. The van der Waals surface area contributed by atoms with Crippen LogP contribution in [0.25, 0.3) is 0 Å². The molecule has 0 aliphatic carbocycles. The molecule has 6 heteroatoms. The summed E-state index contributed by atoms with van der Waals surface area (Å²) in [4.78, 5) is 5.06. The topological polar surface area (TPSA) is 79.9 Å². The normalized spacial score (nSPS) is 14.5. The molecule has 0 spiro atoms. The van der Waals surface area contributed by atoms with Crippen LogP contribution in [0.4, 0.5) is 5.69 Å². The number of ether oxygens (including phenoxy) is 1. The van der Waals surface area contributed by atoms with Crippen molar-refractivity contribution >= 4 is 23.0 Å². The maximum atomic E-state index is 10.4. The Hall–Kier alpha value is -2.05. The summed E-state index contributed by atoms with van der Waals surface area (Å²) in [6.45, 7) is 1.90. The number of hydrogen-bond acceptors (Lipinski definition) is 4. The first kappa shape index (κ1) is 15.3. The minimum Gasteiger partial charge on any atom is -0.495 e. The highest BCUT2D eigenvalue weighted by Gasteiger charge is 2.23. The Morgan fingerprint density at radius 2 is 2.14 bits per heavy atom. The highest BCUT2D eigenvalue weighted by atomic mass is 32.1. The smallest absolute Gasteiger partial charge is 0.193 e. The molecule has 1 aromatic heterocycles. The van der Waals surface area contributed by atoms with E-state index in [4.69, 9.17) is 10.5 Å². The number of aliphatic imine (C=N–C) groups is 1. The second-order valence-electron chi connectivity index (χ2n) is 4.78. The Bertz CT molecular complexity index is 609. The molecule has 4 N–H and O–H groups in total. The van der Waals surface area contributed by atoms with Crippen LogP contribution >= 0.6 is 11.3 Å². The minimum atomic E-state index is -1.03. The van der Waals surface area contributed by atoms with Gasteiger partial charge in [0.25, 0.3) is 0 Å². The van der Waals surface area contributed by atoms with E-state index in [0.717, 1.165) is 10.6 Å². The molecule has 0 fully saturated rings. The number of aliphatic hydroxyl groups is 1. The third kappa shape index (κ3) is 3.96. The van der Waals surface area contributed by atoms with Gasteiger partial charge >= 0.3 is 0 Å². The fourth-order valence-corrected chi connectivity index (χ4v) is 2.61. The number of methoxy groups -OCH3 is 1. The SMILES string of the molecule is COc1ccccc1NC(N)=NCC(C)(O)c1cccs1. The maximum absolute atomic E-state index is 10.4. The zero-order valence-electron chi connectivity index (χ0n) is 12.0. The first-order valence-corrected chi connectivity index (χ1v) is 7.37. The number of nitrogens with two attached hydrogens (primary N) is 1. The summed E-state index contributed by atoms with van der Waals surface area (Å²) in [6, 6.07) is 11.2. The van der Waals surface area contributed by atoms with E-state index in [1.165, 1.54) is 11.3 Å². The van der Waals surface area contributed by atoms with Crippen LogP contribution in [-0.2, 0) is 5.60 Å². The highest BCUT2D eigenvalue weighted by Crippen LogP contribution is 2.26. The van der Waals surface area contributed by atoms with E-state index in [2.05, 4.69) is 10.3 Å². The molecule has 2 rings (SSSR count). The molecule has 0 saturated heterocycles. The third-order valence-electron chi connectivity index (χ3n) is 2.98. The number of guanidine groups is 1. The van der Waals surface area contributed by atoms with Crippen molar-refractivity contribution in [1.29, 1.82) is 0 Å². The van der Waals surface area contributed by atoms with E-state index in [1.54, 1.807) is 14.0 Å². The quantitative estimate of drug-likeness (QED) is 0.585. The maximum Gasteiger partial charge on any atom is 0.193 e. The number of rotatable bonds is 5. The lowest BCUT2D eigenvalue weighted by atomic mass is 10.1. The molecular formula is C15H19N3O2S. The van der Waals surface area contributed by atoms with Crippen molar-refractivity contribution in [3.63, 3.8) is 0 Å². The summed E-state index contributed by atoms with van der Waals surface area (Å²) < 4.78 is 5.23. The van der Waals surface area contributed by atoms with Gasteiger partial charge in [0.1, 0.15) is 11.4 Å². The van der Waals surface area contributed by atoms with Gasteiger partial charge in [0.15, 0.2) is 5.96 Å². The van der Waals surface area contributed by atoms with Gasteiger partial charge in [-0.1, -0.05) is 18.2 Å². The highest BCUT2D eigenvalue weighted by molar-refractivity contribution is 7.10. The zero-order valence-corrected chi connectivity index (χ0v) is 12.9. The number of thiophene rings is 1. The van der Waals surface area contributed by atoms with Crippen molar-refractivity contribution in [2.24, 2.45) is 10.7 Å². The molecule has 0 aliphatic rings. The molecule has 0 radical (unpaired) electrons. The van der Waals surface area contributed by atoms with Crippen LogP contribution in [-0.4, -0.2) is 24.7 Å². The van der Waals surface area contributed by atoms with Crippen molar-refractivity contribution in [3.05, 3.63) is 46.7 Å². The van der Waals surface area contributed by atoms with Crippen molar-refractivity contribution < 1.29 is 9.84 Å². The Morgan fingerprint density at radius 3 is 2.81 bits per heavy atom. The van der Waals surface area contributed by atoms with Gasteiger partial charge in [-0.05, 0) is 30.5 Å². The number of nitrogens with one attached hydrogen (secondary N) is 1. The van der Waals surface area contributed by atoms with Gasteiger partial charge in [0.2, 0.25) is 0 Å². The van der Waals surface area contributed by atoms with E-state index in [0.29, 0.717) is 5.75 Å². The van der Waals surface area contributed by atoms with Gasteiger partial charge in [-0.25, -0.2) is 4.99 Å². The lowest BCUT2D eigenvalue weighted by molar-refractivity contribution is 0.0713. The van der Waals surface area contributed by atoms with E-state index in [-0.39, 0.29) is 12.5 Å². The summed E-state index contributed by atoms with van der Waals surface area (Å²) in [6.07, 6.45) is 0. The van der Waals surface area contributed by atoms with Gasteiger partial charge in [-0.3, -0.25) is 0 Å². The predicted octanol–water partition coefficient (Wildman–Crippen LogP) is 2.39. The van der Waals surface area contributed by atoms with Crippen LogP contribution < -0.4 is 15.8 Å². The molecule has 2 aromatic rings. The van der Waals surface area contributed by atoms with Gasteiger partial charge in [-0.2, -0.15) is 0 Å². The predicted molar refractivity (Wildman–Crippen MR) is 87.0 cm³/mol. The molecule has 1 unspecified atom stereocenters. The lowest BCUT2D eigenvalue weighted by Crippen LogP contribution is -2.29. The second kappa shape index (κ2) is 6.60. The second-order valence-corrected chi connectivity index (χ2v) is 5.73. The Kier molecular flexibility index (Phi) is 4.82. The number of nitrogens with zero attached hydrogens (tertiary/aromatic N) is 1. The minimum absolute atomic E-state index is 0.182. The van der Waals surface area contributed by atoms with Gasteiger partial charge in [0, 0.05) is 4.88 Å². The summed E-state index contributed by atoms with van der Waals surface area (Å²) in [5.74, 6) is 0.914. The summed E-state index contributed by atoms with van der Waals surface area (Å²) in [5.41, 5.74) is 5.57. The monoisotopic (exact) mass is 305 g/mol. The molecule has 112 valence electrons. The Balaban J connectivity index is 2.05. The van der Waals surface area contributed by atoms with E-state index in [9.17, 15) is 5.11 Å². The Morgan fingerprint density at radius 1 is 1.38 bits per heavy atom. The molecule has 0 aliphatic heterocycles. The van der Waals surface area contributed by atoms with Crippen LogP contribution in [0.5, 0.6) is 5.75 Å². The fraction of sp³-hybridized carbons (Fsp3) is 0.267. The summed E-state index contributed by atoms with van der Waals surface area (Å²) in [5, 5.41) is 15.3. The van der Waals surface area contributed by atoms with Gasteiger partial charge in [0.05, 0.1) is 19.3 Å². The third-order valence-corrected chi connectivity index (χ3v) is 4.10. The molecule has 1 aromatic carbocycles. The molecule has 21 heavy (non-hydrogen) atoms. The standard InChI is InChI=1S/C15H19N3O2S/c1-15(19,13-8-5-9-21-13)10-17-14(16)18-11-6-3-4-7-12(11)20-2/h3-9,19H,10H2,1-2H3,(H3,16,17,18). The molecule has 0 bridgehead atoms. The first-order valence-electron chi connectivity index (χ1n) is 6.49. The molecule has 0 amide bonds. The molecular weight excluding hydrogens is 286 g/mol. The Labute approximate surface area is 128 Å². The van der Waals surface area contributed by atoms with Gasteiger partial charge in [-0.15, -0.1) is 11.3 Å². The van der Waals surface area contributed by atoms with Crippen LogP contribution in [0, 0.1) is 0 Å². The summed E-state index contributed by atoms with van der Waals surface area (Å²) in [7, 11) is 1.59. The first-order chi connectivity index (χ1) is 10.0. The lowest BCUT2D eigenvalue weighted by Gasteiger charge is -2.19.